The number of benzene rings is 2. The number of carbonyl (C=O) groups is 1. The van der Waals surface area contributed by atoms with E-state index in [1.807, 2.05) is 18.2 Å². The summed E-state index contributed by atoms with van der Waals surface area (Å²) in [5.41, 5.74) is 4.36. The minimum Gasteiger partial charge on any atom is -0.456 e. The third-order valence-electron chi connectivity index (χ3n) is 4.04. The fraction of sp³-hybridized carbons (Fsp3) is 0.167. The number of ether oxygens (including phenoxy) is 1. The number of hydrogen-bond acceptors (Lipinski definition) is 3. The SMILES string of the molecule is O=C(Nc1ccc(Cl)c(Cl)c1)c1c(C2=CCOCC2)c2ccc1o2. The highest BCUT2D eigenvalue weighted by atomic mass is 35.5. The zero-order chi connectivity index (χ0) is 16.7. The molecule has 0 spiro atoms. The molecule has 0 unspecified atom stereocenters. The zero-order valence-electron chi connectivity index (χ0n) is 12.6. The lowest BCUT2D eigenvalue weighted by Crippen LogP contribution is -2.14. The molecule has 0 radical (unpaired) electrons. The zero-order valence-corrected chi connectivity index (χ0v) is 14.1. The quantitative estimate of drug-likeness (QED) is 0.694. The van der Waals surface area contributed by atoms with Crippen LogP contribution in [0.15, 0.2) is 40.8 Å². The smallest absolute Gasteiger partial charge is 0.260 e. The molecule has 0 atom stereocenters. The van der Waals surface area contributed by atoms with E-state index >= 15 is 0 Å². The maximum atomic E-state index is 12.8. The predicted molar refractivity (Wildman–Crippen MR) is 95.2 cm³/mol. The average Bonchev–Trinajstić information content (AvgIpc) is 3.20. The molecule has 4 rings (SSSR count). The van der Waals surface area contributed by atoms with Crippen LogP contribution in [0.2, 0.25) is 10.0 Å². The van der Waals surface area contributed by atoms with Crippen LogP contribution < -0.4 is 5.32 Å². The van der Waals surface area contributed by atoms with Gasteiger partial charge in [0.25, 0.3) is 5.91 Å². The summed E-state index contributed by atoms with van der Waals surface area (Å²) in [7, 11) is 0. The lowest BCUT2D eigenvalue weighted by Gasteiger charge is -2.15. The van der Waals surface area contributed by atoms with Crippen LogP contribution in [0, 0.1) is 0 Å². The normalized spacial score (nSPS) is 14.8. The molecule has 3 heterocycles. The van der Waals surface area contributed by atoms with Crippen molar-refractivity contribution in [2.24, 2.45) is 0 Å². The second-order valence-electron chi connectivity index (χ2n) is 5.55. The molecule has 4 nitrogen and oxygen atoms in total. The highest BCUT2D eigenvalue weighted by Gasteiger charge is 2.26. The van der Waals surface area contributed by atoms with Crippen molar-refractivity contribution in [2.75, 3.05) is 18.5 Å². The standard InChI is InChI=1S/C18H13Cl2NO3/c19-12-2-1-11(9-13(12)20)21-18(22)17-15-4-3-14(24-15)16(17)10-5-7-23-8-6-10/h1-5,9H,6-8H2,(H,21,22). The number of amides is 1. The first kappa shape index (κ1) is 15.5. The number of fused-ring (bicyclic) bond motifs is 2. The maximum absolute atomic E-state index is 12.8. The molecule has 2 aromatic heterocycles. The molecule has 1 aliphatic heterocycles. The number of hydrogen-bond donors (Lipinski definition) is 1. The minimum atomic E-state index is -0.231. The van der Waals surface area contributed by atoms with Gasteiger partial charge in [0.05, 0.1) is 28.8 Å². The van der Waals surface area contributed by atoms with Crippen molar-refractivity contribution in [3.05, 3.63) is 57.6 Å². The highest BCUT2D eigenvalue weighted by Crippen LogP contribution is 2.37. The maximum Gasteiger partial charge on any atom is 0.260 e. The van der Waals surface area contributed by atoms with Crippen LogP contribution in [-0.4, -0.2) is 19.1 Å². The number of halogens is 2. The van der Waals surface area contributed by atoms with E-state index in [2.05, 4.69) is 5.32 Å². The van der Waals surface area contributed by atoms with Crippen molar-refractivity contribution in [1.29, 1.82) is 0 Å². The molecule has 1 aromatic carbocycles. The van der Waals surface area contributed by atoms with Crippen molar-refractivity contribution < 1.29 is 13.9 Å². The predicted octanol–water partition coefficient (Wildman–Crippen LogP) is 5.23. The van der Waals surface area contributed by atoms with Crippen molar-refractivity contribution in [3.63, 3.8) is 0 Å². The van der Waals surface area contributed by atoms with Gasteiger partial charge in [0.15, 0.2) is 0 Å². The summed E-state index contributed by atoms with van der Waals surface area (Å²) in [5.74, 6) is -0.231. The Kier molecular flexibility index (Phi) is 3.96. The summed E-state index contributed by atoms with van der Waals surface area (Å²) in [5, 5.41) is 3.69. The van der Waals surface area contributed by atoms with E-state index in [-0.39, 0.29) is 5.91 Å². The topological polar surface area (TPSA) is 51.5 Å². The van der Waals surface area contributed by atoms with Crippen LogP contribution in [0.4, 0.5) is 5.69 Å². The van der Waals surface area contributed by atoms with Crippen molar-refractivity contribution in [1.82, 2.24) is 0 Å². The van der Waals surface area contributed by atoms with Crippen LogP contribution in [0.25, 0.3) is 16.7 Å². The van der Waals surface area contributed by atoms with Gasteiger partial charge in [-0.25, -0.2) is 0 Å². The van der Waals surface area contributed by atoms with Gasteiger partial charge in [-0.15, -0.1) is 0 Å². The van der Waals surface area contributed by atoms with Gasteiger partial charge in [0.2, 0.25) is 0 Å². The molecule has 1 N–H and O–H groups in total. The Morgan fingerprint density at radius 3 is 2.67 bits per heavy atom. The molecule has 0 fully saturated rings. The third kappa shape index (κ3) is 2.67. The van der Waals surface area contributed by atoms with Gasteiger partial charge in [0.1, 0.15) is 11.2 Å². The minimum absolute atomic E-state index is 0.231. The second kappa shape index (κ2) is 6.13. The molecule has 2 bridgehead atoms. The number of anilines is 1. The molecule has 1 amide bonds. The van der Waals surface area contributed by atoms with Gasteiger partial charge in [-0.1, -0.05) is 29.3 Å². The lowest BCUT2D eigenvalue weighted by atomic mass is 9.96. The molecule has 0 saturated carbocycles. The molecule has 3 aromatic rings. The Balaban J connectivity index is 1.70. The van der Waals surface area contributed by atoms with E-state index in [1.54, 1.807) is 18.2 Å². The molecular weight excluding hydrogens is 349 g/mol. The van der Waals surface area contributed by atoms with Gasteiger partial charge >= 0.3 is 0 Å². The molecular formula is C18H13Cl2NO3. The molecule has 0 saturated heterocycles. The van der Waals surface area contributed by atoms with Gasteiger partial charge < -0.3 is 14.5 Å². The van der Waals surface area contributed by atoms with Crippen molar-refractivity contribution >= 4 is 51.5 Å². The van der Waals surface area contributed by atoms with Crippen molar-refractivity contribution in [2.45, 2.75) is 6.42 Å². The first-order valence-corrected chi connectivity index (χ1v) is 8.27. The summed E-state index contributed by atoms with van der Waals surface area (Å²) >= 11 is 11.9. The number of carbonyl (C=O) groups excluding carboxylic acids is 1. The van der Waals surface area contributed by atoms with E-state index in [1.165, 1.54) is 0 Å². The molecule has 1 aliphatic rings. The molecule has 6 heteroatoms. The second-order valence-corrected chi connectivity index (χ2v) is 6.37. The monoisotopic (exact) mass is 361 g/mol. The van der Waals surface area contributed by atoms with Crippen LogP contribution in [0.5, 0.6) is 0 Å². The largest absolute Gasteiger partial charge is 0.456 e. The Bertz CT molecular complexity index is 945. The highest BCUT2D eigenvalue weighted by molar-refractivity contribution is 6.42. The Morgan fingerprint density at radius 1 is 1.08 bits per heavy atom. The summed E-state index contributed by atoms with van der Waals surface area (Å²) < 4.78 is 11.1. The number of nitrogens with one attached hydrogen (secondary N) is 1. The number of rotatable bonds is 3. The fourth-order valence-electron chi connectivity index (χ4n) is 2.92. The summed E-state index contributed by atoms with van der Waals surface area (Å²) in [6.07, 6.45) is 2.75. The van der Waals surface area contributed by atoms with Crippen LogP contribution in [0.3, 0.4) is 0 Å². The van der Waals surface area contributed by atoms with E-state index in [0.29, 0.717) is 40.1 Å². The Labute approximate surface area is 148 Å². The first-order chi connectivity index (χ1) is 11.6. The Morgan fingerprint density at radius 2 is 1.92 bits per heavy atom. The van der Waals surface area contributed by atoms with Crippen LogP contribution in [-0.2, 0) is 4.74 Å². The van der Waals surface area contributed by atoms with Crippen LogP contribution >= 0.6 is 23.2 Å². The third-order valence-corrected chi connectivity index (χ3v) is 4.78. The fourth-order valence-corrected chi connectivity index (χ4v) is 3.22. The van der Waals surface area contributed by atoms with Crippen molar-refractivity contribution in [3.8, 4) is 0 Å². The van der Waals surface area contributed by atoms with Gasteiger partial charge in [-0.2, -0.15) is 0 Å². The first-order valence-electron chi connectivity index (χ1n) is 7.52. The van der Waals surface area contributed by atoms with Gasteiger partial charge in [-0.05, 0) is 42.3 Å². The summed E-state index contributed by atoms with van der Waals surface area (Å²) in [4.78, 5) is 12.8. The van der Waals surface area contributed by atoms with E-state index in [0.717, 1.165) is 23.1 Å². The average molecular weight is 362 g/mol. The van der Waals surface area contributed by atoms with E-state index in [4.69, 9.17) is 32.4 Å². The molecule has 122 valence electrons. The van der Waals surface area contributed by atoms with E-state index in [9.17, 15) is 4.79 Å². The van der Waals surface area contributed by atoms with Crippen LogP contribution in [0.1, 0.15) is 22.3 Å². The Hall–Kier alpha value is -2.01. The van der Waals surface area contributed by atoms with Gasteiger partial charge in [0, 0.05) is 11.3 Å². The molecule has 24 heavy (non-hydrogen) atoms. The summed E-state index contributed by atoms with van der Waals surface area (Å²) in [6.45, 7) is 1.19. The molecule has 0 aliphatic carbocycles. The number of furan rings is 2. The lowest BCUT2D eigenvalue weighted by molar-refractivity contribution is 0.102. The van der Waals surface area contributed by atoms with E-state index < -0.39 is 0 Å². The summed E-state index contributed by atoms with van der Waals surface area (Å²) in [6, 6.07) is 8.67. The van der Waals surface area contributed by atoms with Gasteiger partial charge in [-0.3, -0.25) is 4.79 Å².